The molecule has 0 bridgehead atoms. The van der Waals surface area contributed by atoms with Crippen LogP contribution in [0.2, 0.25) is 0 Å². The fourth-order valence-corrected chi connectivity index (χ4v) is 3.45. The van der Waals surface area contributed by atoms with Gasteiger partial charge in [0.1, 0.15) is 16.5 Å². The van der Waals surface area contributed by atoms with E-state index >= 15 is 0 Å². The van der Waals surface area contributed by atoms with Gasteiger partial charge in [-0.25, -0.2) is 13.8 Å². The number of nitrogens with zero attached hydrogens (tertiary/aromatic N) is 2. The standard InChI is InChI=1S/C17H9F2N3O2S/c18-8-2-1-3-10(6-8)20-17-22-16(24)14(25-17)13-11-7-9(19)4-5-12(11)21-15(13)23/h1-7,24H,(H,20,22). The Morgan fingerprint density at radius 1 is 1.08 bits per heavy atom. The summed E-state index contributed by atoms with van der Waals surface area (Å²) in [6.07, 6.45) is 0. The molecule has 1 aliphatic heterocycles. The van der Waals surface area contributed by atoms with Gasteiger partial charge in [0, 0.05) is 10.9 Å². The molecule has 4 rings (SSSR count). The number of hydrogen-bond acceptors (Lipinski definition) is 5. The Labute approximate surface area is 143 Å². The largest absolute Gasteiger partial charge is 0.492 e. The lowest BCUT2D eigenvalue weighted by Gasteiger charge is -2.01. The SMILES string of the molecule is O=C1N=c2ccc(F)cc2=C1c1sc(Nc2cccc(F)c2)nc1O. The molecule has 0 saturated heterocycles. The first-order valence-corrected chi connectivity index (χ1v) is 7.98. The van der Waals surface area contributed by atoms with E-state index in [9.17, 15) is 18.7 Å². The van der Waals surface area contributed by atoms with Gasteiger partial charge in [0.15, 0.2) is 5.13 Å². The van der Waals surface area contributed by atoms with Crippen LogP contribution in [0.4, 0.5) is 19.6 Å². The van der Waals surface area contributed by atoms with Crippen molar-refractivity contribution < 1.29 is 18.7 Å². The highest BCUT2D eigenvalue weighted by Gasteiger charge is 2.25. The number of carbonyl (C=O) groups excluding carboxylic acids is 1. The molecule has 0 atom stereocenters. The van der Waals surface area contributed by atoms with Crippen LogP contribution in [0.1, 0.15) is 4.88 Å². The first kappa shape index (κ1) is 15.4. The Hall–Kier alpha value is -3.13. The summed E-state index contributed by atoms with van der Waals surface area (Å²) in [7, 11) is 0. The molecular formula is C17H9F2N3O2S. The fourth-order valence-electron chi connectivity index (χ4n) is 2.52. The van der Waals surface area contributed by atoms with Crippen molar-refractivity contribution in [3.63, 3.8) is 0 Å². The normalized spacial score (nSPS) is 12.9. The summed E-state index contributed by atoms with van der Waals surface area (Å²) in [5.41, 5.74) is 0.538. The van der Waals surface area contributed by atoms with E-state index in [-0.39, 0.29) is 21.5 Å². The Morgan fingerprint density at radius 3 is 2.68 bits per heavy atom. The zero-order valence-corrected chi connectivity index (χ0v) is 13.3. The fraction of sp³-hybridized carbons (Fsp3) is 0. The van der Waals surface area contributed by atoms with Crippen molar-refractivity contribution in [3.05, 3.63) is 69.6 Å². The number of thiazole rings is 1. The molecule has 124 valence electrons. The van der Waals surface area contributed by atoms with Crippen LogP contribution in [0.5, 0.6) is 5.88 Å². The number of hydrogen-bond donors (Lipinski definition) is 2. The second kappa shape index (κ2) is 5.75. The Morgan fingerprint density at radius 2 is 1.88 bits per heavy atom. The lowest BCUT2D eigenvalue weighted by atomic mass is 10.1. The van der Waals surface area contributed by atoms with E-state index in [4.69, 9.17) is 0 Å². The lowest BCUT2D eigenvalue weighted by Crippen LogP contribution is -2.23. The molecule has 8 heteroatoms. The van der Waals surface area contributed by atoms with Gasteiger partial charge in [0.25, 0.3) is 5.91 Å². The van der Waals surface area contributed by atoms with Crippen LogP contribution in [0.25, 0.3) is 5.57 Å². The molecule has 1 aliphatic rings. The van der Waals surface area contributed by atoms with Gasteiger partial charge in [-0.2, -0.15) is 4.98 Å². The van der Waals surface area contributed by atoms with Gasteiger partial charge in [-0.05, 0) is 36.4 Å². The molecule has 25 heavy (non-hydrogen) atoms. The maximum atomic E-state index is 13.5. The molecular weight excluding hydrogens is 348 g/mol. The average molecular weight is 357 g/mol. The number of anilines is 2. The molecule has 0 aliphatic carbocycles. The number of carbonyl (C=O) groups is 1. The monoisotopic (exact) mass is 357 g/mol. The second-order valence-corrected chi connectivity index (χ2v) is 6.26. The van der Waals surface area contributed by atoms with Crippen molar-refractivity contribution >= 4 is 33.6 Å². The van der Waals surface area contributed by atoms with E-state index in [0.717, 1.165) is 11.3 Å². The smallest absolute Gasteiger partial charge is 0.279 e. The number of nitrogens with one attached hydrogen (secondary N) is 1. The molecule has 0 fully saturated rings. The third-order valence-electron chi connectivity index (χ3n) is 3.58. The van der Waals surface area contributed by atoms with Crippen molar-refractivity contribution in [2.45, 2.75) is 0 Å². The predicted molar refractivity (Wildman–Crippen MR) is 88.2 cm³/mol. The maximum absolute atomic E-state index is 13.5. The van der Waals surface area contributed by atoms with Gasteiger partial charge in [0.2, 0.25) is 5.88 Å². The van der Waals surface area contributed by atoms with E-state index < -0.39 is 17.5 Å². The van der Waals surface area contributed by atoms with Crippen molar-refractivity contribution in [1.29, 1.82) is 0 Å². The first-order valence-electron chi connectivity index (χ1n) is 7.17. The van der Waals surface area contributed by atoms with Crippen LogP contribution in [-0.2, 0) is 4.79 Å². The minimum atomic E-state index is -0.572. The van der Waals surface area contributed by atoms with E-state index in [2.05, 4.69) is 15.3 Å². The van der Waals surface area contributed by atoms with Gasteiger partial charge >= 0.3 is 0 Å². The van der Waals surface area contributed by atoms with Crippen molar-refractivity contribution in [2.75, 3.05) is 5.32 Å². The summed E-state index contributed by atoms with van der Waals surface area (Å²) in [4.78, 5) is 20.2. The number of halogens is 2. The summed E-state index contributed by atoms with van der Waals surface area (Å²) < 4.78 is 26.8. The van der Waals surface area contributed by atoms with Gasteiger partial charge < -0.3 is 10.4 Å². The average Bonchev–Trinajstić information content (AvgIpc) is 3.06. The number of aromatic hydroxyl groups is 1. The number of aromatic nitrogens is 1. The Balaban J connectivity index is 1.80. The summed E-state index contributed by atoms with van der Waals surface area (Å²) in [5, 5.41) is 13.9. The van der Waals surface area contributed by atoms with Crippen LogP contribution in [0.3, 0.4) is 0 Å². The molecule has 2 heterocycles. The molecule has 2 aromatic carbocycles. The molecule has 2 N–H and O–H groups in total. The summed E-state index contributed by atoms with van der Waals surface area (Å²) in [6.45, 7) is 0. The van der Waals surface area contributed by atoms with Crippen molar-refractivity contribution in [1.82, 2.24) is 4.98 Å². The topological polar surface area (TPSA) is 74.6 Å². The number of amides is 1. The third kappa shape index (κ3) is 2.76. The van der Waals surface area contributed by atoms with Crippen molar-refractivity contribution in [2.24, 2.45) is 4.99 Å². The Kier molecular flexibility index (Phi) is 3.54. The van der Waals surface area contributed by atoms with Crippen LogP contribution in [0, 0.1) is 11.6 Å². The summed E-state index contributed by atoms with van der Waals surface area (Å²) in [6, 6.07) is 9.54. The quantitative estimate of drug-likeness (QED) is 0.754. The van der Waals surface area contributed by atoms with Gasteiger partial charge in [-0.15, -0.1) is 0 Å². The third-order valence-corrected chi connectivity index (χ3v) is 4.55. The summed E-state index contributed by atoms with van der Waals surface area (Å²) in [5.74, 6) is -1.88. The highest BCUT2D eigenvalue weighted by molar-refractivity contribution is 7.17. The molecule has 0 unspecified atom stereocenters. The first-order chi connectivity index (χ1) is 12.0. The zero-order chi connectivity index (χ0) is 17.6. The summed E-state index contributed by atoms with van der Waals surface area (Å²) >= 11 is 0.996. The van der Waals surface area contributed by atoms with Crippen LogP contribution in [-0.4, -0.2) is 16.0 Å². The van der Waals surface area contributed by atoms with Crippen LogP contribution in [0.15, 0.2) is 47.5 Å². The molecule has 0 radical (unpaired) electrons. The van der Waals surface area contributed by atoms with E-state index in [0.29, 0.717) is 16.3 Å². The number of fused-ring (bicyclic) bond motifs is 1. The maximum Gasteiger partial charge on any atom is 0.279 e. The number of benzene rings is 2. The van der Waals surface area contributed by atoms with Crippen LogP contribution >= 0.6 is 11.3 Å². The minimum absolute atomic E-state index is 0.0943. The lowest BCUT2D eigenvalue weighted by molar-refractivity contribution is -0.112. The number of rotatable bonds is 3. The molecule has 0 spiro atoms. The highest BCUT2D eigenvalue weighted by Crippen LogP contribution is 2.35. The van der Waals surface area contributed by atoms with E-state index in [1.165, 1.54) is 36.4 Å². The van der Waals surface area contributed by atoms with Gasteiger partial charge in [0.05, 0.1) is 10.9 Å². The van der Waals surface area contributed by atoms with Crippen LogP contribution < -0.4 is 15.9 Å². The molecule has 1 aromatic heterocycles. The highest BCUT2D eigenvalue weighted by atomic mass is 32.1. The van der Waals surface area contributed by atoms with E-state index in [1.807, 2.05) is 0 Å². The predicted octanol–water partition coefficient (Wildman–Crippen LogP) is 2.23. The second-order valence-electron chi connectivity index (χ2n) is 5.26. The van der Waals surface area contributed by atoms with Crippen molar-refractivity contribution in [3.8, 4) is 5.88 Å². The van der Waals surface area contributed by atoms with E-state index in [1.54, 1.807) is 6.07 Å². The molecule has 5 nitrogen and oxygen atoms in total. The zero-order valence-electron chi connectivity index (χ0n) is 12.5. The van der Waals surface area contributed by atoms with Gasteiger partial charge in [-0.3, -0.25) is 4.79 Å². The minimum Gasteiger partial charge on any atom is -0.492 e. The molecule has 0 saturated carbocycles. The Bertz CT molecular complexity index is 1140. The molecule has 3 aromatic rings. The molecule has 1 amide bonds. The van der Waals surface area contributed by atoms with Gasteiger partial charge in [-0.1, -0.05) is 17.4 Å².